The summed E-state index contributed by atoms with van der Waals surface area (Å²) in [4.78, 5) is 15.1. The van der Waals surface area contributed by atoms with Crippen molar-refractivity contribution in [1.29, 1.82) is 0 Å². The Labute approximate surface area is 143 Å². The van der Waals surface area contributed by atoms with Gasteiger partial charge in [-0.3, -0.25) is 5.43 Å². The second-order valence-corrected chi connectivity index (χ2v) is 5.67. The van der Waals surface area contributed by atoms with E-state index in [9.17, 15) is 4.79 Å². The Morgan fingerprint density at radius 3 is 2.62 bits per heavy atom. The molecule has 0 aliphatic rings. The lowest BCUT2D eigenvalue weighted by atomic mass is 10.1. The van der Waals surface area contributed by atoms with Gasteiger partial charge in [0.15, 0.2) is 0 Å². The van der Waals surface area contributed by atoms with Crippen LogP contribution in [-0.2, 0) is 11.2 Å². The number of benzene rings is 1. The number of aromatic nitrogens is 1. The molecule has 0 bridgehead atoms. The van der Waals surface area contributed by atoms with Crippen LogP contribution in [0.5, 0.6) is 0 Å². The number of aryl methyl sites for hydroxylation is 2. The predicted octanol–water partition coefficient (Wildman–Crippen LogP) is 4.21. The number of rotatable bonds is 6. The maximum absolute atomic E-state index is 12.0. The van der Waals surface area contributed by atoms with E-state index in [1.165, 1.54) is 5.56 Å². The van der Waals surface area contributed by atoms with E-state index in [1.807, 2.05) is 39.0 Å². The molecule has 2 N–H and O–H groups in total. The van der Waals surface area contributed by atoms with Crippen LogP contribution in [0.4, 0.5) is 5.69 Å². The van der Waals surface area contributed by atoms with Gasteiger partial charge in [0.1, 0.15) is 5.69 Å². The monoisotopic (exact) mass is 327 g/mol. The van der Waals surface area contributed by atoms with Crippen LogP contribution in [-0.4, -0.2) is 23.3 Å². The molecular formula is C19H25N3O2. The minimum Gasteiger partial charge on any atom is -0.461 e. The summed E-state index contributed by atoms with van der Waals surface area (Å²) >= 11 is 0. The smallest absolute Gasteiger partial charge is 0.355 e. The second-order valence-electron chi connectivity index (χ2n) is 5.67. The minimum atomic E-state index is -0.332. The van der Waals surface area contributed by atoms with Crippen LogP contribution in [0.3, 0.4) is 0 Å². The molecular weight excluding hydrogens is 302 g/mol. The Morgan fingerprint density at radius 2 is 1.96 bits per heavy atom. The molecule has 0 aliphatic carbocycles. The van der Waals surface area contributed by atoms with Gasteiger partial charge in [-0.15, -0.1) is 0 Å². The predicted molar refractivity (Wildman–Crippen MR) is 97.9 cm³/mol. The number of esters is 1. The quantitative estimate of drug-likeness (QED) is 0.474. The number of H-pyrrole nitrogens is 1. The fourth-order valence-electron chi connectivity index (χ4n) is 2.84. The number of hydrazone groups is 1. The largest absolute Gasteiger partial charge is 0.461 e. The molecule has 1 heterocycles. The van der Waals surface area contributed by atoms with Crippen molar-refractivity contribution in [2.75, 3.05) is 12.0 Å². The Hall–Kier alpha value is -2.56. The zero-order chi connectivity index (χ0) is 17.7. The normalized spacial score (nSPS) is 11.5. The molecule has 0 spiro atoms. The van der Waals surface area contributed by atoms with E-state index in [2.05, 4.69) is 28.5 Å². The van der Waals surface area contributed by atoms with Crippen molar-refractivity contribution < 1.29 is 9.53 Å². The molecule has 24 heavy (non-hydrogen) atoms. The second kappa shape index (κ2) is 7.81. The molecule has 1 aromatic heterocycles. The molecule has 5 heteroatoms. The molecule has 5 nitrogen and oxygen atoms in total. The van der Waals surface area contributed by atoms with Crippen molar-refractivity contribution in [3.05, 3.63) is 52.3 Å². The van der Waals surface area contributed by atoms with Gasteiger partial charge in [-0.05, 0) is 51.3 Å². The van der Waals surface area contributed by atoms with E-state index in [4.69, 9.17) is 4.74 Å². The molecule has 0 amide bonds. The van der Waals surface area contributed by atoms with Crippen LogP contribution in [0, 0.1) is 13.8 Å². The first-order valence-electron chi connectivity index (χ1n) is 8.24. The molecule has 2 rings (SSSR count). The van der Waals surface area contributed by atoms with E-state index >= 15 is 0 Å². The number of hydrogen-bond donors (Lipinski definition) is 2. The maximum atomic E-state index is 12.0. The van der Waals surface area contributed by atoms with Crippen molar-refractivity contribution in [2.45, 2.75) is 41.0 Å². The molecule has 0 radical (unpaired) electrons. The topological polar surface area (TPSA) is 66.5 Å². The Morgan fingerprint density at radius 1 is 1.25 bits per heavy atom. The highest BCUT2D eigenvalue weighted by atomic mass is 16.5. The van der Waals surface area contributed by atoms with E-state index in [0.29, 0.717) is 12.3 Å². The van der Waals surface area contributed by atoms with Crippen LogP contribution >= 0.6 is 0 Å². The zero-order valence-electron chi connectivity index (χ0n) is 15.0. The third-order valence-electron chi connectivity index (χ3n) is 4.02. The number of para-hydroxylation sites is 1. The lowest BCUT2D eigenvalue weighted by Gasteiger charge is -2.08. The van der Waals surface area contributed by atoms with Gasteiger partial charge in [0, 0.05) is 11.3 Å². The van der Waals surface area contributed by atoms with Crippen LogP contribution < -0.4 is 5.43 Å². The number of nitrogens with zero attached hydrogens (tertiary/aromatic N) is 1. The van der Waals surface area contributed by atoms with Gasteiger partial charge in [0.25, 0.3) is 0 Å². The summed E-state index contributed by atoms with van der Waals surface area (Å²) < 4.78 is 5.09. The average Bonchev–Trinajstić information content (AvgIpc) is 2.88. The SMILES string of the molecule is CCOC(=O)c1[nH]c(C)c(/C(C)=N/Nc2ccccc2CC)c1C. The van der Waals surface area contributed by atoms with E-state index in [1.54, 1.807) is 6.92 Å². The molecule has 0 aliphatic heterocycles. The molecule has 2 aromatic rings. The van der Waals surface area contributed by atoms with Gasteiger partial charge in [0.05, 0.1) is 18.0 Å². The van der Waals surface area contributed by atoms with Crippen LogP contribution in [0.1, 0.15) is 53.6 Å². The first kappa shape index (κ1) is 17.8. The summed E-state index contributed by atoms with van der Waals surface area (Å²) in [5.74, 6) is -0.332. The highest BCUT2D eigenvalue weighted by molar-refractivity contribution is 6.04. The number of anilines is 1. The van der Waals surface area contributed by atoms with Gasteiger partial charge in [-0.25, -0.2) is 4.79 Å². The standard InChI is InChI=1S/C19H25N3O2/c1-6-15-10-8-9-11-16(15)22-21-14(5)17-12(3)18(20-13(17)4)19(23)24-7-2/h8-11,20,22H,6-7H2,1-5H3/b21-14+. The first-order valence-corrected chi connectivity index (χ1v) is 8.24. The van der Waals surface area contributed by atoms with Gasteiger partial charge in [-0.2, -0.15) is 5.10 Å². The highest BCUT2D eigenvalue weighted by Gasteiger charge is 2.19. The number of nitrogens with one attached hydrogen (secondary N) is 2. The summed E-state index contributed by atoms with van der Waals surface area (Å²) in [6.07, 6.45) is 0.937. The van der Waals surface area contributed by atoms with E-state index < -0.39 is 0 Å². The Bertz CT molecular complexity index is 760. The number of aromatic amines is 1. The van der Waals surface area contributed by atoms with Crippen LogP contribution in [0.15, 0.2) is 29.4 Å². The van der Waals surface area contributed by atoms with Crippen molar-refractivity contribution in [2.24, 2.45) is 5.10 Å². The summed E-state index contributed by atoms with van der Waals surface area (Å²) in [5, 5.41) is 4.51. The summed E-state index contributed by atoms with van der Waals surface area (Å²) in [5.41, 5.74) is 9.37. The first-order chi connectivity index (χ1) is 11.5. The van der Waals surface area contributed by atoms with E-state index in [-0.39, 0.29) is 5.97 Å². The van der Waals surface area contributed by atoms with Crippen molar-refractivity contribution in [1.82, 2.24) is 4.98 Å². The maximum Gasteiger partial charge on any atom is 0.355 e. The molecule has 0 saturated carbocycles. The number of hydrogen-bond acceptors (Lipinski definition) is 4. The van der Waals surface area contributed by atoms with Crippen LogP contribution in [0.25, 0.3) is 0 Å². The minimum absolute atomic E-state index is 0.332. The van der Waals surface area contributed by atoms with Crippen molar-refractivity contribution in [3.63, 3.8) is 0 Å². The third kappa shape index (κ3) is 3.67. The number of carbonyl (C=O) groups is 1. The molecule has 0 fully saturated rings. The van der Waals surface area contributed by atoms with Gasteiger partial charge < -0.3 is 9.72 Å². The molecule has 128 valence electrons. The summed E-state index contributed by atoms with van der Waals surface area (Å²) in [6, 6.07) is 8.10. The number of carbonyl (C=O) groups excluding carboxylic acids is 1. The van der Waals surface area contributed by atoms with Crippen LogP contribution in [0.2, 0.25) is 0 Å². The zero-order valence-corrected chi connectivity index (χ0v) is 15.0. The Kier molecular flexibility index (Phi) is 5.79. The fourth-order valence-corrected chi connectivity index (χ4v) is 2.84. The summed E-state index contributed by atoms with van der Waals surface area (Å²) in [6.45, 7) is 10.0. The lowest BCUT2D eigenvalue weighted by Crippen LogP contribution is -2.07. The Balaban J connectivity index is 2.29. The van der Waals surface area contributed by atoms with E-state index in [0.717, 1.165) is 34.6 Å². The van der Waals surface area contributed by atoms with Crippen molar-refractivity contribution in [3.8, 4) is 0 Å². The molecule has 0 atom stereocenters. The van der Waals surface area contributed by atoms with Gasteiger partial charge in [0.2, 0.25) is 0 Å². The van der Waals surface area contributed by atoms with Gasteiger partial charge in [-0.1, -0.05) is 25.1 Å². The molecule has 0 unspecified atom stereocenters. The highest BCUT2D eigenvalue weighted by Crippen LogP contribution is 2.21. The lowest BCUT2D eigenvalue weighted by molar-refractivity contribution is 0.0519. The fraction of sp³-hybridized carbons (Fsp3) is 0.368. The van der Waals surface area contributed by atoms with Gasteiger partial charge >= 0.3 is 5.97 Å². The molecule has 0 saturated heterocycles. The van der Waals surface area contributed by atoms with Crippen molar-refractivity contribution >= 4 is 17.4 Å². The summed E-state index contributed by atoms with van der Waals surface area (Å²) in [7, 11) is 0. The number of ether oxygens (including phenoxy) is 1. The molecule has 1 aromatic carbocycles. The third-order valence-corrected chi connectivity index (χ3v) is 4.02. The average molecular weight is 327 g/mol.